The molecule has 0 saturated carbocycles. The van der Waals surface area contributed by atoms with Gasteiger partial charge in [0, 0.05) is 24.3 Å². The lowest BCUT2D eigenvalue weighted by molar-refractivity contribution is -0.164. The largest absolute Gasteiger partial charge is 0.462 e. The fourth-order valence-corrected chi connectivity index (χ4v) is 12.8. The standard InChI is InChI=1S/C85H116O8/c1-61(41-45-73-69(9)37-25-49-81(73,13)14)29-21-33-65(5)53-77(86)90-57-85(58-91-78(87)54-66(6)34-22-30-62(2)42-46-74-70(10)38-26-50-82(74,15)16,59-92-79(88)55-67(7)35-23-31-63(3)43-47-75-71(11)39-27-51-83(75,17)18)60-93-80(89)56-68(8)36-24-32-64(4)44-48-76-72(12)40-28-52-84(76,19)20/h21-24,29-36,41-48,53-56H,25-28,37-40,49-52,57-60H2,1-20H3. The fourth-order valence-electron chi connectivity index (χ4n) is 12.8. The molecule has 93 heavy (non-hydrogen) atoms. The van der Waals surface area contributed by atoms with E-state index in [0.29, 0.717) is 22.3 Å². The highest BCUT2D eigenvalue weighted by Gasteiger charge is 2.38. The summed E-state index contributed by atoms with van der Waals surface area (Å²) >= 11 is 0. The molecule has 8 heteroatoms. The number of carbonyl (C=O) groups is 4. The predicted molar refractivity (Wildman–Crippen MR) is 391 cm³/mol. The Bertz CT molecular complexity index is 2910. The van der Waals surface area contributed by atoms with Crippen LogP contribution in [-0.2, 0) is 38.1 Å². The summed E-state index contributed by atoms with van der Waals surface area (Å²) in [5, 5.41) is 0. The monoisotopic (exact) mass is 1260 g/mol. The Morgan fingerprint density at radius 3 is 0.699 bits per heavy atom. The third kappa shape index (κ3) is 27.7. The van der Waals surface area contributed by atoms with Gasteiger partial charge in [-0.05, 0) is 226 Å². The molecule has 0 aliphatic heterocycles. The van der Waals surface area contributed by atoms with E-state index in [9.17, 15) is 19.2 Å². The Hall–Kier alpha value is -7.32. The highest BCUT2D eigenvalue weighted by Crippen LogP contribution is 2.44. The Morgan fingerprint density at radius 2 is 0.516 bits per heavy atom. The van der Waals surface area contributed by atoms with Crippen molar-refractivity contribution in [2.75, 3.05) is 26.4 Å². The van der Waals surface area contributed by atoms with Gasteiger partial charge in [0.15, 0.2) is 0 Å². The SMILES string of the molecule is CC(C=CC1=C(C)CCCC1(C)C)=CC=CC(C)=CC(=O)OCC(COC(=O)C=C(C)C=CC=C(C)C=CC1=C(C)CCCC1(C)C)(COC(=O)C=C(C)C=CC=C(C)C=CC1=C(C)CCCC1(C)C)COC(=O)C=C(C)C=CC=C(C)C=CC1=C(C)CCCC1(C)C. The first-order chi connectivity index (χ1) is 43.6. The molecule has 0 aromatic carbocycles. The maximum Gasteiger partial charge on any atom is 0.331 e. The van der Waals surface area contributed by atoms with Crippen molar-refractivity contribution < 1.29 is 38.1 Å². The molecule has 4 rings (SSSR count). The Balaban J connectivity index is 1.66. The smallest absolute Gasteiger partial charge is 0.331 e. The summed E-state index contributed by atoms with van der Waals surface area (Å²) in [6.45, 7) is 40.9. The van der Waals surface area contributed by atoms with Crippen molar-refractivity contribution in [1.82, 2.24) is 0 Å². The minimum atomic E-state index is -1.56. The molecule has 0 spiro atoms. The Labute approximate surface area is 563 Å². The predicted octanol–water partition coefficient (Wildman–Crippen LogP) is 22.3. The molecule has 0 aromatic heterocycles. The van der Waals surface area contributed by atoms with Crippen molar-refractivity contribution in [1.29, 1.82) is 0 Å². The minimum Gasteiger partial charge on any atom is -0.462 e. The maximum absolute atomic E-state index is 13.8. The van der Waals surface area contributed by atoms with E-state index in [4.69, 9.17) is 18.9 Å². The normalized spacial score (nSPS) is 20.9. The Morgan fingerprint density at radius 1 is 0.323 bits per heavy atom. The van der Waals surface area contributed by atoms with Crippen LogP contribution in [0.3, 0.4) is 0 Å². The molecule has 0 radical (unpaired) electrons. The molecular formula is C85H116O8. The maximum atomic E-state index is 13.8. The van der Waals surface area contributed by atoms with Gasteiger partial charge in [0.05, 0.1) is 0 Å². The molecular weight excluding hydrogens is 1150 g/mol. The highest BCUT2D eigenvalue weighted by molar-refractivity contribution is 5.85. The van der Waals surface area contributed by atoms with Gasteiger partial charge in [-0.25, -0.2) is 19.2 Å². The van der Waals surface area contributed by atoms with Crippen LogP contribution in [0.1, 0.15) is 216 Å². The van der Waals surface area contributed by atoms with Crippen molar-refractivity contribution in [3.63, 3.8) is 0 Å². The molecule has 4 aliphatic carbocycles. The van der Waals surface area contributed by atoms with Gasteiger partial charge in [-0.1, -0.05) is 221 Å². The van der Waals surface area contributed by atoms with Gasteiger partial charge in [0.2, 0.25) is 0 Å². The van der Waals surface area contributed by atoms with E-state index in [1.54, 1.807) is 27.7 Å². The van der Waals surface area contributed by atoms with Crippen LogP contribution in [0.5, 0.6) is 0 Å². The highest BCUT2D eigenvalue weighted by atomic mass is 16.6. The minimum absolute atomic E-state index is 0.128. The number of hydrogen-bond donors (Lipinski definition) is 0. The van der Waals surface area contributed by atoms with E-state index in [2.05, 4.69) is 132 Å². The van der Waals surface area contributed by atoms with Gasteiger partial charge in [0.1, 0.15) is 31.8 Å². The number of carbonyl (C=O) groups excluding carboxylic acids is 4. The van der Waals surface area contributed by atoms with Crippen LogP contribution >= 0.6 is 0 Å². The van der Waals surface area contributed by atoms with Crippen molar-refractivity contribution in [3.05, 3.63) is 235 Å². The number of esters is 4. The van der Waals surface area contributed by atoms with Crippen LogP contribution in [0.25, 0.3) is 0 Å². The average molecular weight is 1270 g/mol. The van der Waals surface area contributed by atoms with Crippen molar-refractivity contribution >= 4 is 23.9 Å². The average Bonchev–Trinajstić information content (AvgIpc) is 0.915. The van der Waals surface area contributed by atoms with Gasteiger partial charge in [-0.2, -0.15) is 0 Å². The van der Waals surface area contributed by atoms with Crippen LogP contribution in [0.2, 0.25) is 0 Å². The van der Waals surface area contributed by atoms with Gasteiger partial charge >= 0.3 is 23.9 Å². The molecule has 0 saturated heterocycles. The fraction of sp³-hybridized carbons (Fsp3) is 0.482. The lowest BCUT2D eigenvalue weighted by Crippen LogP contribution is -2.43. The first-order valence-corrected chi connectivity index (χ1v) is 34.0. The van der Waals surface area contributed by atoms with Crippen LogP contribution in [-0.4, -0.2) is 50.3 Å². The zero-order chi connectivity index (χ0) is 69.2. The van der Waals surface area contributed by atoms with Crippen LogP contribution in [0.4, 0.5) is 0 Å². The first-order valence-electron chi connectivity index (χ1n) is 34.0. The van der Waals surface area contributed by atoms with Gasteiger partial charge in [-0.15, -0.1) is 0 Å². The summed E-state index contributed by atoms with van der Waals surface area (Å²) in [5.74, 6) is -2.77. The summed E-state index contributed by atoms with van der Waals surface area (Å²) in [4.78, 5) is 55.1. The van der Waals surface area contributed by atoms with E-state index in [0.717, 1.165) is 73.7 Å². The van der Waals surface area contributed by atoms with Gasteiger partial charge < -0.3 is 18.9 Å². The third-order valence-electron chi connectivity index (χ3n) is 18.6. The topological polar surface area (TPSA) is 105 Å². The Kier molecular flexibility index (Phi) is 31.0. The third-order valence-corrected chi connectivity index (χ3v) is 18.6. The molecule has 0 amide bonds. The molecule has 0 N–H and O–H groups in total. The lowest BCUT2D eigenvalue weighted by Gasteiger charge is -2.33. The molecule has 8 nitrogen and oxygen atoms in total. The molecule has 0 atom stereocenters. The second kappa shape index (κ2) is 36.9. The number of rotatable bonds is 28. The molecule has 0 heterocycles. The quantitative estimate of drug-likeness (QED) is 0.0330. The second-order valence-electron chi connectivity index (χ2n) is 29.6. The summed E-state index contributed by atoms with van der Waals surface area (Å²) < 4.78 is 23.8. The summed E-state index contributed by atoms with van der Waals surface area (Å²) in [6.07, 6.45) is 59.6. The zero-order valence-corrected chi connectivity index (χ0v) is 60.9. The van der Waals surface area contributed by atoms with Crippen molar-refractivity contribution in [2.45, 2.75) is 216 Å². The van der Waals surface area contributed by atoms with Gasteiger partial charge in [-0.3, -0.25) is 0 Å². The molecule has 0 bridgehead atoms. The second-order valence-corrected chi connectivity index (χ2v) is 29.6. The van der Waals surface area contributed by atoms with E-state index in [1.807, 2.05) is 101 Å². The molecule has 0 aromatic rings. The number of ether oxygens (including phenoxy) is 4. The van der Waals surface area contributed by atoms with Crippen molar-refractivity contribution in [3.8, 4) is 0 Å². The van der Waals surface area contributed by atoms with Gasteiger partial charge in [0.25, 0.3) is 0 Å². The van der Waals surface area contributed by atoms with E-state index in [-0.39, 0.29) is 21.7 Å². The molecule has 0 unspecified atom stereocenters. The van der Waals surface area contributed by atoms with E-state index >= 15 is 0 Å². The van der Waals surface area contributed by atoms with Crippen LogP contribution in [0.15, 0.2) is 235 Å². The van der Waals surface area contributed by atoms with E-state index < -0.39 is 55.7 Å². The summed E-state index contributed by atoms with van der Waals surface area (Å²) in [7, 11) is 0. The number of allylic oxidation sites excluding steroid dienone is 36. The summed E-state index contributed by atoms with van der Waals surface area (Å²) in [5.41, 5.74) is 16.9. The first kappa shape index (κ1) is 78.1. The summed E-state index contributed by atoms with van der Waals surface area (Å²) in [6, 6.07) is 0. The lowest BCUT2D eigenvalue weighted by atomic mass is 9.72. The van der Waals surface area contributed by atoms with E-state index in [1.165, 1.54) is 94.6 Å². The van der Waals surface area contributed by atoms with Crippen LogP contribution < -0.4 is 0 Å². The number of hydrogen-bond acceptors (Lipinski definition) is 8. The van der Waals surface area contributed by atoms with Crippen LogP contribution in [0, 0.1) is 27.1 Å². The molecule has 0 fully saturated rings. The molecule has 504 valence electrons. The van der Waals surface area contributed by atoms with Crippen molar-refractivity contribution in [2.24, 2.45) is 27.1 Å². The molecule has 4 aliphatic rings. The zero-order valence-electron chi connectivity index (χ0n) is 60.9.